The van der Waals surface area contributed by atoms with Gasteiger partial charge in [0.25, 0.3) is 0 Å². The van der Waals surface area contributed by atoms with Crippen molar-refractivity contribution in [3.8, 4) is 0 Å². The SMILES string of the molecule is CC1CC(NC(=O)C(=O)NCC(N)=S)CCN1C. The van der Waals surface area contributed by atoms with Crippen LogP contribution in [0.2, 0.25) is 0 Å². The van der Waals surface area contributed by atoms with E-state index in [1.165, 1.54) is 0 Å². The molecule has 0 radical (unpaired) electrons. The van der Waals surface area contributed by atoms with E-state index < -0.39 is 11.8 Å². The van der Waals surface area contributed by atoms with Gasteiger partial charge in [-0.15, -0.1) is 0 Å². The third kappa shape index (κ3) is 4.58. The molecule has 1 rings (SSSR count). The zero-order valence-electron chi connectivity index (χ0n) is 10.7. The largest absolute Gasteiger partial charge is 0.392 e. The van der Waals surface area contributed by atoms with Gasteiger partial charge >= 0.3 is 11.8 Å². The highest BCUT2D eigenvalue weighted by molar-refractivity contribution is 7.80. The summed E-state index contributed by atoms with van der Waals surface area (Å²) in [6, 6.07) is 0.461. The summed E-state index contributed by atoms with van der Waals surface area (Å²) >= 11 is 4.62. The van der Waals surface area contributed by atoms with Gasteiger partial charge in [-0.2, -0.15) is 0 Å². The van der Waals surface area contributed by atoms with E-state index in [4.69, 9.17) is 5.73 Å². The highest BCUT2D eigenvalue weighted by atomic mass is 32.1. The Balaban J connectivity index is 2.35. The van der Waals surface area contributed by atoms with E-state index in [0.717, 1.165) is 19.4 Å². The second-order valence-corrected chi connectivity index (χ2v) is 5.20. The molecular weight excluding hydrogens is 252 g/mol. The van der Waals surface area contributed by atoms with Gasteiger partial charge in [-0.1, -0.05) is 12.2 Å². The number of amides is 2. The number of carbonyl (C=O) groups is 2. The monoisotopic (exact) mass is 272 g/mol. The average molecular weight is 272 g/mol. The summed E-state index contributed by atoms with van der Waals surface area (Å²) in [6.45, 7) is 3.07. The van der Waals surface area contributed by atoms with Crippen LogP contribution in [0.1, 0.15) is 19.8 Å². The molecule has 4 N–H and O–H groups in total. The second kappa shape index (κ2) is 6.65. The molecule has 6 nitrogen and oxygen atoms in total. The van der Waals surface area contributed by atoms with Gasteiger partial charge in [0.2, 0.25) is 0 Å². The van der Waals surface area contributed by atoms with Crippen molar-refractivity contribution < 1.29 is 9.59 Å². The first-order valence-corrected chi connectivity index (χ1v) is 6.38. The summed E-state index contributed by atoms with van der Waals surface area (Å²) in [5.74, 6) is -1.30. The van der Waals surface area contributed by atoms with Crippen LogP contribution in [0.5, 0.6) is 0 Å². The van der Waals surface area contributed by atoms with Gasteiger partial charge in [0.15, 0.2) is 0 Å². The number of hydrogen-bond acceptors (Lipinski definition) is 4. The fourth-order valence-corrected chi connectivity index (χ4v) is 1.99. The third-order valence-corrected chi connectivity index (χ3v) is 3.32. The smallest absolute Gasteiger partial charge is 0.309 e. The summed E-state index contributed by atoms with van der Waals surface area (Å²) in [7, 11) is 2.05. The van der Waals surface area contributed by atoms with Crippen LogP contribution in [0.3, 0.4) is 0 Å². The van der Waals surface area contributed by atoms with Crippen molar-refractivity contribution in [2.24, 2.45) is 5.73 Å². The van der Waals surface area contributed by atoms with Crippen LogP contribution in [0.15, 0.2) is 0 Å². The molecule has 2 amide bonds. The molecule has 18 heavy (non-hydrogen) atoms. The molecule has 1 saturated heterocycles. The first-order chi connectivity index (χ1) is 8.40. The Morgan fingerprint density at radius 3 is 2.67 bits per heavy atom. The Kier molecular flexibility index (Phi) is 5.49. The lowest BCUT2D eigenvalue weighted by Crippen LogP contribution is -2.51. The van der Waals surface area contributed by atoms with Crippen molar-refractivity contribution in [1.29, 1.82) is 0 Å². The quantitative estimate of drug-likeness (QED) is 0.452. The van der Waals surface area contributed by atoms with E-state index in [1.54, 1.807) is 0 Å². The molecule has 0 aliphatic carbocycles. The van der Waals surface area contributed by atoms with Gasteiger partial charge in [-0.05, 0) is 26.8 Å². The van der Waals surface area contributed by atoms with Crippen molar-refractivity contribution in [2.75, 3.05) is 20.1 Å². The topological polar surface area (TPSA) is 87.5 Å². The van der Waals surface area contributed by atoms with Crippen LogP contribution in [-0.2, 0) is 9.59 Å². The zero-order valence-corrected chi connectivity index (χ0v) is 11.5. The van der Waals surface area contributed by atoms with Crippen molar-refractivity contribution >= 4 is 29.0 Å². The van der Waals surface area contributed by atoms with Gasteiger partial charge in [0, 0.05) is 18.6 Å². The number of hydrogen-bond donors (Lipinski definition) is 3. The summed E-state index contributed by atoms with van der Waals surface area (Å²) in [5.41, 5.74) is 5.24. The number of nitrogens with one attached hydrogen (secondary N) is 2. The Bertz CT molecular complexity index is 348. The van der Waals surface area contributed by atoms with Crippen LogP contribution in [0.25, 0.3) is 0 Å². The first-order valence-electron chi connectivity index (χ1n) is 5.97. The Labute approximate surface area is 112 Å². The number of likely N-dealkylation sites (tertiary alicyclic amines) is 1. The van der Waals surface area contributed by atoms with Gasteiger partial charge in [0.05, 0.1) is 11.5 Å². The molecule has 0 bridgehead atoms. The molecule has 1 aliphatic heterocycles. The van der Waals surface area contributed by atoms with Crippen LogP contribution in [-0.4, -0.2) is 53.9 Å². The van der Waals surface area contributed by atoms with E-state index in [9.17, 15) is 9.59 Å². The average Bonchev–Trinajstić information content (AvgIpc) is 2.30. The van der Waals surface area contributed by atoms with Gasteiger partial charge in [-0.3, -0.25) is 9.59 Å². The molecule has 2 atom stereocenters. The maximum Gasteiger partial charge on any atom is 0.309 e. The Hall–Kier alpha value is -1.21. The van der Waals surface area contributed by atoms with E-state index in [2.05, 4.69) is 41.7 Å². The van der Waals surface area contributed by atoms with Gasteiger partial charge in [0.1, 0.15) is 0 Å². The minimum Gasteiger partial charge on any atom is -0.392 e. The van der Waals surface area contributed by atoms with E-state index in [0.29, 0.717) is 6.04 Å². The summed E-state index contributed by atoms with van der Waals surface area (Å²) in [6.07, 6.45) is 1.71. The predicted molar refractivity (Wildman–Crippen MR) is 73.1 cm³/mol. The van der Waals surface area contributed by atoms with Gasteiger partial charge < -0.3 is 21.3 Å². The van der Waals surface area contributed by atoms with Crippen molar-refractivity contribution in [3.63, 3.8) is 0 Å². The van der Waals surface area contributed by atoms with Crippen LogP contribution in [0, 0.1) is 0 Å². The second-order valence-electron chi connectivity index (χ2n) is 4.67. The maximum absolute atomic E-state index is 11.6. The number of carbonyl (C=O) groups excluding carboxylic acids is 2. The van der Waals surface area contributed by atoms with Crippen LogP contribution in [0.4, 0.5) is 0 Å². The molecular formula is C11H20N4O2S. The van der Waals surface area contributed by atoms with Crippen molar-refractivity contribution in [3.05, 3.63) is 0 Å². The van der Waals surface area contributed by atoms with Crippen LogP contribution >= 0.6 is 12.2 Å². The highest BCUT2D eigenvalue weighted by Gasteiger charge is 2.25. The third-order valence-electron chi connectivity index (χ3n) is 3.17. The molecule has 0 aromatic rings. The standard InChI is InChI=1S/C11H20N4O2S/c1-7-5-8(3-4-15(7)2)14-11(17)10(16)13-6-9(12)18/h7-8H,3-6H2,1-2H3,(H2,12,18)(H,13,16)(H,14,17). The number of nitrogens with two attached hydrogens (primary N) is 1. The first kappa shape index (κ1) is 14.8. The summed E-state index contributed by atoms with van der Waals surface area (Å²) in [5, 5.41) is 5.10. The number of thiocarbonyl (C=S) groups is 1. The Morgan fingerprint density at radius 1 is 1.44 bits per heavy atom. The van der Waals surface area contributed by atoms with Gasteiger partial charge in [-0.25, -0.2) is 0 Å². The van der Waals surface area contributed by atoms with Crippen molar-refractivity contribution in [1.82, 2.24) is 15.5 Å². The minimum absolute atomic E-state index is 0.0470. The fraction of sp³-hybridized carbons (Fsp3) is 0.727. The molecule has 1 aliphatic rings. The number of nitrogens with zero attached hydrogens (tertiary/aromatic N) is 1. The highest BCUT2D eigenvalue weighted by Crippen LogP contribution is 2.14. The summed E-state index contributed by atoms with van der Waals surface area (Å²) in [4.78, 5) is 25.4. The maximum atomic E-state index is 11.6. The van der Waals surface area contributed by atoms with E-state index in [1.807, 2.05) is 0 Å². The molecule has 1 heterocycles. The zero-order chi connectivity index (χ0) is 13.7. The molecule has 0 spiro atoms. The number of piperidine rings is 1. The van der Waals surface area contributed by atoms with E-state index >= 15 is 0 Å². The molecule has 0 saturated carbocycles. The lowest BCUT2D eigenvalue weighted by atomic mass is 9.99. The Morgan fingerprint density at radius 2 is 2.11 bits per heavy atom. The lowest BCUT2D eigenvalue weighted by Gasteiger charge is -2.35. The molecule has 7 heteroatoms. The van der Waals surface area contributed by atoms with Crippen LogP contribution < -0.4 is 16.4 Å². The molecule has 0 aromatic heterocycles. The summed E-state index contributed by atoms with van der Waals surface area (Å²) < 4.78 is 0. The minimum atomic E-state index is -0.686. The molecule has 1 fully saturated rings. The van der Waals surface area contributed by atoms with E-state index in [-0.39, 0.29) is 17.6 Å². The molecule has 102 valence electrons. The predicted octanol–water partition coefficient (Wildman–Crippen LogP) is -1.01. The normalized spacial score (nSPS) is 24.3. The van der Waals surface area contributed by atoms with Crippen molar-refractivity contribution in [2.45, 2.75) is 31.8 Å². The molecule has 0 aromatic carbocycles. The fourth-order valence-electron chi connectivity index (χ4n) is 1.92. The molecule has 2 unspecified atom stereocenters. The lowest BCUT2D eigenvalue weighted by molar-refractivity contribution is -0.139. The number of rotatable bonds is 3.